The van der Waals surface area contributed by atoms with Crippen molar-refractivity contribution >= 4 is 0 Å². The largest absolute Gasteiger partial charge is 0.310 e. The molecule has 0 heterocycles. The van der Waals surface area contributed by atoms with Crippen LogP contribution in [0.5, 0.6) is 0 Å². The van der Waals surface area contributed by atoms with Crippen LogP contribution >= 0.6 is 0 Å². The quantitative estimate of drug-likeness (QED) is 0.784. The van der Waals surface area contributed by atoms with Crippen LogP contribution in [0.4, 0.5) is 4.39 Å². The smallest absolute Gasteiger partial charge is 0.127 e. The molecule has 1 nitrogen and oxygen atoms in total. The summed E-state index contributed by atoms with van der Waals surface area (Å²) in [6.07, 6.45) is 1.12. The van der Waals surface area contributed by atoms with Crippen molar-refractivity contribution in [1.29, 1.82) is 0 Å². The minimum atomic E-state index is -0.123. The second kappa shape index (κ2) is 5.86. The van der Waals surface area contributed by atoms with Crippen LogP contribution in [0.1, 0.15) is 32.8 Å². The molecule has 0 aliphatic heterocycles. The van der Waals surface area contributed by atoms with Gasteiger partial charge in [-0.25, -0.2) is 4.39 Å². The van der Waals surface area contributed by atoms with Gasteiger partial charge in [0.2, 0.25) is 0 Å². The molecule has 1 aromatic rings. The molecule has 0 spiro atoms. The van der Waals surface area contributed by atoms with E-state index in [0.717, 1.165) is 12.0 Å². The first kappa shape index (κ1) is 12.2. The average molecular weight is 209 g/mol. The molecular formula is C13H20FN. The van der Waals surface area contributed by atoms with Crippen LogP contribution in [0.25, 0.3) is 0 Å². The summed E-state index contributed by atoms with van der Waals surface area (Å²) < 4.78 is 13.3. The Kier molecular flexibility index (Phi) is 4.76. The molecule has 0 aromatic heterocycles. The third kappa shape index (κ3) is 4.43. The van der Waals surface area contributed by atoms with Crippen LogP contribution in [-0.4, -0.2) is 6.04 Å². The fourth-order valence-electron chi connectivity index (χ4n) is 1.72. The SMILES string of the molecule is CC(C)C[C@H](C)NCc1ccccc1F. The molecule has 0 aliphatic carbocycles. The van der Waals surface area contributed by atoms with Gasteiger partial charge < -0.3 is 5.32 Å². The standard InChI is InChI=1S/C13H20FN/c1-10(2)8-11(3)15-9-12-6-4-5-7-13(12)14/h4-7,10-11,15H,8-9H2,1-3H3/t11-/m0/s1. The summed E-state index contributed by atoms with van der Waals surface area (Å²) in [5.41, 5.74) is 0.744. The predicted molar refractivity (Wildman–Crippen MR) is 62.2 cm³/mol. The molecule has 15 heavy (non-hydrogen) atoms. The van der Waals surface area contributed by atoms with Crippen LogP contribution in [0.3, 0.4) is 0 Å². The Balaban J connectivity index is 2.40. The molecule has 0 saturated heterocycles. The Labute approximate surface area is 91.7 Å². The zero-order valence-electron chi connectivity index (χ0n) is 9.76. The normalized spacial score (nSPS) is 13.1. The highest BCUT2D eigenvalue weighted by Gasteiger charge is 2.05. The minimum absolute atomic E-state index is 0.123. The fourth-order valence-corrected chi connectivity index (χ4v) is 1.72. The van der Waals surface area contributed by atoms with Gasteiger partial charge in [0, 0.05) is 18.2 Å². The van der Waals surface area contributed by atoms with Crippen molar-refractivity contribution in [2.75, 3.05) is 0 Å². The molecule has 2 heteroatoms. The molecule has 0 unspecified atom stereocenters. The zero-order chi connectivity index (χ0) is 11.3. The maximum absolute atomic E-state index is 13.3. The van der Waals surface area contributed by atoms with E-state index in [2.05, 4.69) is 26.1 Å². The first-order valence-corrected chi connectivity index (χ1v) is 5.56. The van der Waals surface area contributed by atoms with Gasteiger partial charge in [-0.15, -0.1) is 0 Å². The van der Waals surface area contributed by atoms with Crippen molar-refractivity contribution in [3.63, 3.8) is 0 Å². The number of halogens is 1. The molecule has 0 fully saturated rings. The highest BCUT2D eigenvalue weighted by atomic mass is 19.1. The second-order valence-corrected chi connectivity index (χ2v) is 4.50. The molecule has 1 aromatic carbocycles. The van der Waals surface area contributed by atoms with Crippen LogP contribution in [0.15, 0.2) is 24.3 Å². The highest BCUT2D eigenvalue weighted by molar-refractivity contribution is 5.16. The van der Waals surface area contributed by atoms with Crippen molar-refractivity contribution in [3.8, 4) is 0 Å². The summed E-state index contributed by atoms with van der Waals surface area (Å²) in [7, 11) is 0. The summed E-state index contributed by atoms with van der Waals surface area (Å²) in [5.74, 6) is 0.551. The van der Waals surface area contributed by atoms with Gasteiger partial charge in [-0.2, -0.15) is 0 Å². The van der Waals surface area contributed by atoms with E-state index in [1.165, 1.54) is 6.07 Å². The van der Waals surface area contributed by atoms with E-state index in [4.69, 9.17) is 0 Å². The molecule has 0 radical (unpaired) electrons. The van der Waals surface area contributed by atoms with Crippen LogP contribution in [0, 0.1) is 11.7 Å². The summed E-state index contributed by atoms with van der Waals surface area (Å²) in [5, 5.41) is 3.33. The second-order valence-electron chi connectivity index (χ2n) is 4.50. The maximum Gasteiger partial charge on any atom is 0.127 e. The number of hydrogen-bond donors (Lipinski definition) is 1. The molecule has 0 aliphatic rings. The molecule has 0 bridgehead atoms. The molecular weight excluding hydrogens is 189 g/mol. The van der Waals surface area contributed by atoms with Gasteiger partial charge in [-0.3, -0.25) is 0 Å². The lowest BCUT2D eigenvalue weighted by Gasteiger charge is -2.16. The van der Waals surface area contributed by atoms with Crippen molar-refractivity contribution in [3.05, 3.63) is 35.6 Å². The monoisotopic (exact) mass is 209 g/mol. The van der Waals surface area contributed by atoms with Gasteiger partial charge in [-0.05, 0) is 25.3 Å². The molecule has 1 rings (SSSR count). The topological polar surface area (TPSA) is 12.0 Å². The lowest BCUT2D eigenvalue weighted by Crippen LogP contribution is -2.27. The molecule has 0 amide bonds. The third-order valence-electron chi connectivity index (χ3n) is 2.42. The summed E-state index contributed by atoms with van der Waals surface area (Å²) in [6.45, 7) is 7.14. The number of benzene rings is 1. The summed E-state index contributed by atoms with van der Waals surface area (Å²) in [4.78, 5) is 0. The Morgan fingerprint density at radius 3 is 2.47 bits per heavy atom. The summed E-state index contributed by atoms with van der Waals surface area (Å²) >= 11 is 0. The van der Waals surface area contributed by atoms with Gasteiger partial charge in [-0.1, -0.05) is 32.0 Å². The lowest BCUT2D eigenvalue weighted by atomic mass is 10.1. The molecule has 1 atom stereocenters. The third-order valence-corrected chi connectivity index (χ3v) is 2.42. The average Bonchev–Trinajstić information content (AvgIpc) is 2.15. The van der Waals surface area contributed by atoms with Crippen LogP contribution in [0.2, 0.25) is 0 Å². The van der Waals surface area contributed by atoms with E-state index in [0.29, 0.717) is 18.5 Å². The van der Waals surface area contributed by atoms with Gasteiger partial charge in [0.05, 0.1) is 0 Å². The van der Waals surface area contributed by atoms with E-state index < -0.39 is 0 Å². The highest BCUT2D eigenvalue weighted by Crippen LogP contribution is 2.08. The van der Waals surface area contributed by atoms with E-state index in [1.54, 1.807) is 6.07 Å². The van der Waals surface area contributed by atoms with E-state index >= 15 is 0 Å². The number of rotatable bonds is 5. The maximum atomic E-state index is 13.3. The Bertz CT molecular complexity index is 296. The van der Waals surface area contributed by atoms with Crippen LogP contribution < -0.4 is 5.32 Å². The number of hydrogen-bond acceptors (Lipinski definition) is 1. The zero-order valence-corrected chi connectivity index (χ0v) is 9.76. The first-order chi connectivity index (χ1) is 7.09. The van der Waals surface area contributed by atoms with E-state index in [9.17, 15) is 4.39 Å². The first-order valence-electron chi connectivity index (χ1n) is 5.56. The van der Waals surface area contributed by atoms with E-state index in [1.807, 2.05) is 12.1 Å². The molecule has 0 saturated carbocycles. The van der Waals surface area contributed by atoms with Crippen molar-refractivity contribution in [2.45, 2.75) is 39.8 Å². The molecule has 84 valence electrons. The minimum Gasteiger partial charge on any atom is -0.310 e. The van der Waals surface area contributed by atoms with Gasteiger partial charge >= 0.3 is 0 Å². The lowest BCUT2D eigenvalue weighted by molar-refractivity contribution is 0.437. The van der Waals surface area contributed by atoms with Crippen molar-refractivity contribution < 1.29 is 4.39 Å². The van der Waals surface area contributed by atoms with Crippen LogP contribution in [-0.2, 0) is 6.54 Å². The van der Waals surface area contributed by atoms with Crippen molar-refractivity contribution in [2.24, 2.45) is 5.92 Å². The Morgan fingerprint density at radius 1 is 1.20 bits per heavy atom. The van der Waals surface area contributed by atoms with Gasteiger partial charge in [0.25, 0.3) is 0 Å². The van der Waals surface area contributed by atoms with E-state index in [-0.39, 0.29) is 5.82 Å². The summed E-state index contributed by atoms with van der Waals surface area (Å²) in [6, 6.07) is 7.35. The van der Waals surface area contributed by atoms with Crippen molar-refractivity contribution in [1.82, 2.24) is 5.32 Å². The van der Waals surface area contributed by atoms with Gasteiger partial charge in [0.15, 0.2) is 0 Å². The van der Waals surface area contributed by atoms with Gasteiger partial charge in [0.1, 0.15) is 5.82 Å². The predicted octanol–water partition coefficient (Wildman–Crippen LogP) is 3.35. The molecule has 1 N–H and O–H groups in total. The fraction of sp³-hybridized carbons (Fsp3) is 0.538. The Hall–Kier alpha value is -0.890. The Morgan fingerprint density at radius 2 is 1.87 bits per heavy atom. The number of nitrogens with one attached hydrogen (secondary N) is 1.